The summed E-state index contributed by atoms with van der Waals surface area (Å²) in [4.78, 5) is 29.4. The average molecular weight is 388 g/mol. The zero-order valence-electron chi connectivity index (χ0n) is 16.5. The molecule has 1 aliphatic rings. The highest BCUT2D eigenvalue weighted by Gasteiger charge is 2.25. The van der Waals surface area contributed by atoms with E-state index in [-0.39, 0.29) is 11.8 Å². The Labute approximate surface area is 170 Å². The zero-order chi connectivity index (χ0) is 20.2. The van der Waals surface area contributed by atoms with Gasteiger partial charge < -0.3 is 14.5 Å². The molecule has 1 heterocycles. The minimum absolute atomic E-state index is 0.0293. The SMILES string of the molecule is COc1cccc(CC(=O)N2CCN(C(=O)c3cccc4ccccc34)CC2)c1. The van der Waals surface area contributed by atoms with E-state index in [9.17, 15) is 9.59 Å². The summed E-state index contributed by atoms with van der Waals surface area (Å²) in [5, 5.41) is 2.03. The average Bonchev–Trinajstić information content (AvgIpc) is 2.78. The Morgan fingerprint density at radius 2 is 1.55 bits per heavy atom. The summed E-state index contributed by atoms with van der Waals surface area (Å²) in [5.41, 5.74) is 1.66. The van der Waals surface area contributed by atoms with Crippen LogP contribution >= 0.6 is 0 Å². The lowest BCUT2D eigenvalue weighted by molar-refractivity contribution is -0.131. The first-order valence-electron chi connectivity index (χ1n) is 9.83. The maximum absolute atomic E-state index is 13.1. The molecule has 1 saturated heterocycles. The number of fused-ring (bicyclic) bond motifs is 1. The van der Waals surface area contributed by atoms with Crippen LogP contribution in [0.4, 0.5) is 0 Å². The molecule has 5 nitrogen and oxygen atoms in total. The summed E-state index contributed by atoms with van der Waals surface area (Å²) < 4.78 is 5.23. The second-order valence-corrected chi connectivity index (χ2v) is 7.23. The highest BCUT2D eigenvalue weighted by Crippen LogP contribution is 2.21. The van der Waals surface area contributed by atoms with E-state index >= 15 is 0 Å². The summed E-state index contributed by atoms with van der Waals surface area (Å²) in [7, 11) is 1.62. The molecule has 0 radical (unpaired) electrons. The fourth-order valence-corrected chi connectivity index (χ4v) is 3.81. The van der Waals surface area contributed by atoms with E-state index in [4.69, 9.17) is 4.74 Å². The molecule has 29 heavy (non-hydrogen) atoms. The van der Waals surface area contributed by atoms with Crippen molar-refractivity contribution in [1.29, 1.82) is 0 Å². The maximum atomic E-state index is 13.1. The van der Waals surface area contributed by atoms with Gasteiger partial charge in [-0.2, -0.15) is 0 Å². The Bertz CT molecular complexity index is 1030. The first-order chi connectivity index (χ1) is 14.2. The van der Waals surface area contributed by atoms with Crippen LogP contribution in [0, 0.1) is 0 Å². The molecular weight excluding hydrogens is 364 g/mol. The topological polar surface area (TPSA) is 49.9 Å². The molecule has 3 aromatic carbocycles. The minimum atomic E-state index is 0.0293. The third kappa shape index (κ3) is 4.09. The van der Waals surface area contributed by atoms with Crippen molar-refractivity contribution >= 4 is 22.6 Å². The normalized spacial score (nSPS) is 14.1. The van der Waals surface area contributed by atoms with Crippen molar-refractivity contribution in [3.05, 3.63) is 77.9 Å². The predicted molar refractivity (Wildman–Crippen MR) is 113 cm³/mol. The van der Waals surface area contributed by atoms with Gasteiger partial charge in [-0.25, -0.2) is 0 Å². The molecule has 1 aliphatic heterocycles. The van der Waals surface area contributed by atoms with Crippen LogP contribution in [0.3, 0.4) is 0 Å². The molecule has 0 atom stereocenters. The van der Waals surface area contributed by atoms with Crippen molar-refractivity contribution in [1.82, 2.24) is 9.80 Å². The Balaban J connectivity index is 1.39. The number of carbonyl (C=O) groups excluding carboxylic acids is 2. The van der Waals surface area contributed by atoms with E-state index in [1.165, 1.54) is 0 Å². The van der Waals surface area contributed by atoms with Crippen molar-refractivity contribution in [3.63, 3.8) is 0 Å². The largest absolute Gasteiger partial charge is 0.497 e. The number of hydrogen-bond acceptors (Lipinski definition) is 3. The van der Waals surface area contributed by atoms with Gasteiger partial charge in [-0.3, -0.25) is 9.59 Å². The van der Waals surface area contributed by atoms with Gasteiger partial charge in [-0.1, -0.05) is 48.5 Å². The fraction of sp³-hybridized carbons (Fsp3) is 0.250. The summed E-state index contributed by atoms with van der Waals surface area (Å²) >= 11 is 0. The fourth-order valence-electron chi connectivity index (χ4n) is 3.81. The number of rotatable bonds is 4. The van der Waals surface area contributed by atoms with Gasteiger partial charge in [0, 0.05) is 31.7 Å². The van der Waals surface area contributed by atoms with E-state index in [0.717, 1.165) is 27.6 Å². The number of amides is 2. The van der Waals surface area contributed by atoms with Crippen LogP contribution in [0.2, 0.25) is 0 Å². The van der Waals surface area contributed by atoms with E-state index in [0.29, 0.717) is 32.6 Å². The molecule has 4 rings (SSSR count). The summed E-state index contributed by atoms with van der Waals surface area (Å²) in [5.74, 6) is 0.859. The van der Waals surface area contributed by atoms with Gasteiger partial charge in [0.25, 0.3) is 5.91 Å². The number of benzene rings is 3. The summed E-state index contributed by atoms with van der Waals surface area (Å²) in [6.45, 7) is 2.20. The molecule has 5 heteroatoms. The molecule has 3 aromatic rings. The molecule has 148 valence electrons. The Kier molecular flexibility index (Phi) is 5.47. The Morgan fingerprint density at radius 1 is 0.862 bits per heavy atom. The molecule has 1 fully saturated rings. The molecule has 0 spiro atoms. The van der Waals surface area contributed by atoms with Crippen molar-refractivity contribution in [2.45, 2.75) is 6.42 Å². The van der Waals surface area contributed by atoms with E-state index in [1.807, 2.05) is 76.5 Å². The van der Waals surface area contributed by atoms with Crippen LogP contribution in [0.25, 0.3) is 10.8 Å². The molecule has 0 N–H and O–H groups in total. The van der Waals surface area contributed by atoms with Crippen LogP contribution in [-0.2, 0) is 11.2 Å². The van der Waals surface area contributed by atoms with Crippen LogP contribution < -0.4 is 4.74 Å². The zero-order valence-corrected chi connectivity index (χ0v) is 16.5. The molecule has 0 aliphatic carbocycles. The van der Waals surface area contributed by atoms with Crippen LogP contribution in [-0.4, -0.2) is 54.9 Å². The van der Waals surface area contributed by atoms with Gasteiger partial charge in [-0.05, 0) is 34.5 Å². The van der Waals surface area contributed by atoms with Crippen LogP contribution in [0.1, 0.15) is 15.9 Å². The van der Waals surface area contributed by atoms with Gasteiger partial charge >= 0.3 is 0 Å². The first kappa shape index (κ1) is 19.0. The number of piperazine rings is 1. The third-order valence-corrected chi connectivity index (χ3v) is 5.43. The van der Waals surface area contributed by atoms with Crippen molar-refractivity contribution in [3.8, 4) is 5.75 Å². The summed E-state index contributed by atoms with van der Waals surface area (Å²) in [6.07, 6.45) is 0.342. The standard InChI is InChI=1S/C24H24N2O3/c1-29-20-9-4-6-18(16-20)17-23(27)25-12-14-26(15-13-25)24(28)22-11-5-8-19-7-2-3-10-21(19)22/h2-11,16H,12-15,17H2,1H3. The highest BCUT2D eigenvalue weighted by atomic mass is 16.5. The van der Waals surface area contributed by atoms with Gasteiger partial charge in [0.15, 0.2) is 0 Å². The van der Waals surface area contributed by atoms with Gasteiger partial charge in [0.2, 0.25) is 5.91 Å². The third-order valence-electron chi connectivity index (χ3n) is 5.43. The van der Waals surface area contributed by atoms with Crippen molar-refractivity contribution < 1.29 is 14.3 Å². The molecule has 0 aromatic heterocycles. The lowest BCUT2D eigenvalue weighted by atomic mass is 10.0. The quantitative estimate of drug-likeness (QED) is 0.689. The number of ether oxygens (including phenoxy) is 1. The minimum Gasteiger partial charge on any atom is -0.497 e. The smallest absolute Gasteiger partial charge is 0.254 e. The summed E-state index contributed by atoms with van der Waals surface area (Å²) in [6, 6.07) is 21.3. The van der Waals surface area contributed by atoms with E-state index < -0.39 is 0 Å². The maximum Gasteiger partial charge on any atom is 0.254 e. The van der Waals surface area contributed by atoms with Gasteiger partial charge in [-0.15, -0.1) is 0 Å². The first-order valence-corrected chi connectivity index (χ1v) is 9.83. The van der Waals surface area contributed by atoms with Gasteiger partial charge in [0.05, 0.1) is 13.5 Å². The van der Waals surface area contributed by atoms with Crippen molar-refractivity contribution in [2.75, 3.05) is 33.3 Å². The molecule has 2 amide bonds. The van der Waals surface area contributed by atoms with Crippen LogP contribution in [0.15, 0.2) is 66.7 Å². The lowest BCUT2D eigenvalue weighted by Gasteiger charge is -2.35. The molecule has 0 bridgehead atoms. The predicted octanol–water partition coefficient (Wildman–Crippen LogP) is 3.38. The molecular formula is C24H24N2O3. The number of nitrogens with zero attached hydrogens (tertiary/aromatic N) is 2. The number of carbonyl (C=O) groups is 2. The second kappa shape index (κ2) is 8.35. The highest BCUT2D eigenvalue weighted by molar-refractivity contribution is 6.07. The van der Waals surface area contributed by atoms with Crippen molar-refractivity contribution in [2.24, 2.45) is 0 Å². The monoisotopic (exact) mass is 388 g/mol. The van der Waals surface area contributed by atoms with E-state index in [2.05, 4.69) is 0 Å². The number of hydrogen-bond donors (Lipinski definition) is 0. The van der Waals surface area contributed by atoms with E-state index in [1.54, 1.807) is 7.11 Å². The molecule has 0 unspecified atom stereocenters. The second-order valence-electron chi connectivity index (χ2n) is 7.23. The lowest BCUT2D eigenvalue weighted by Crippen LogP contribution is -2.51. The van der Waals surface area contributed by atoms with Crippen LogP contribution in [0.5, 0.6) is 5.75 Å². The Hall–Kier alpha value is -3.34. The number of methoxy groups -OCH3 is 1. The Morgan fingerprint density at radius 3 is 2.34 bits per heavy atom. The van der Waals surface area contributed by atoms with Gasteiger partial charge in [0.1, 0.15) is 5.75 Å². The molecule has 0 saturated carbocycles.